The molecule has 0 aliphatic heterocycles. The minimum absolute atomic E-state index is 0.128. The molecule has 0 unspecified atom stereocenters. The van der Waals surface area contributed by atoms with Crippen LogP contribution in [0.15, 0.2) is 29.2 Å². The van der Waals surface area contributed by atoms with E-state index in [0.717, 1.165) is 21.9 Å². The summed E-state index contributed by atoms with van der Waals surface area (Å²) in [4.78, 5) is 18.4. The van der Waals surface area contributed by atoms with E-state index < -0.39 is 0 Å². The zero-order valence-corrected chi connectivity index (χ0v) is 9.25. The molecule has 0 aliphatic rings. The molecule has 1 N–H and O–H groups in total. The number of imidazole rings is 1. The van der Waals surface area contributed by atoms with Gasteiger partial charge in [-0.3, -0.25) is 9.55 Å². The largest absolute Gasteiger partial charge is 0.326 e. The number of aromatic nitrogens is 3. The minimum Gasteiger partial charge on any atom is -0.306 e. The molecule has 2 heterocycles. The monoisotopic (exact) mass is 233 g/mol. The van der Waals surface area contributed by atoms with Crippen molar-refractivity contribution in [2.75, 3.05) is 0 Å². The predicted molar refractivity (Wildman–Crippen MR) is 63.9 cm³/mol. The highest BCUT2D eigenvalue weighted by Crippen LogP contribution is 2.21. The molecule has 5 heteroatoms. The summed E-state index contributed by atoms with van der Waals surface area (Å²) in [5.74, 6) is 0. The van der Waals surface area contributed by atoms with Crippen molar-refractivity contribution < 1.29 is 0 Å². The van der Waals surface area contributed by atoms with Gasteiger partial charge in [-0.05, 0) is 18.2 Å². The maximum atomic E-state index is 11.4. The van der Waals surface area contributed by atoms with Gasteiger partial charge in [0.25, 0.3) is 0 Å². The van der Waals surface area contributed by atoms with Gasteiger partial charge in [-0.15, -0.1) is 0 Å². The molecule has 16 heavy (non-hydrogen) atoms. The number of hydrogen-bond donors (Lipinski definition) is 1. The van der Waals surface area contributed by atoms with E-state index in [1.54, 1.807) is 17.8 Å². The van der Waals surface area contributed by atoms with Crippen molar-refractivity contribution in [1.82, 2.24) is 14.5 Å². The van der Waals surface area contributed by atoms with Gasteiger partial charge in [0, 0.05) is 18.6 Å². The van der Waals surface area contributed by atoms with Gasteiger partial charge in [-0.25, -0.2) is 4.79 Å². The first kappa shape index (κ1) is 9.42. The molecule has 0 spiro atoms. The molecule has 2 aromatic heterocycles. The zero-order chi connectivity index (χ0) is 11.3. The lowest BCUT2D eigenvalue weighted by molar-refractivity contribution is 0.892. The Morgan fingerprint density at radius 3 is 3.00 bits per heavy atom. The van der Waals surface area contributed by atoms with Gasteiger partial charge in [-0.2, -0.15) is 0 Å². The van der Waals surface area contributed by atoms with Crippen molar-refractivity contribution in [3.8, 4) is 0 Å². The summed E-state index contributed by atoms with van der Waals surface area (Å²) in [6.45, 7) is 0. The number of aryl methyl sites for hydroxylation is 1. The molecule has 4 nitrogen and oxygen atoms in total. The maximum Gasteiger partial charge on any atom is 0.326 e. The smallest absolute Gasteiger partial charge is 0.306 e. The second kappa shape index (κ2) is 3.09. The van der Waals surface area contributed by atoms with Crippen LogP contribution in [-0.4, -0.2) is 14.5 Å². The molecular weight excluding hydrogens is 226 g/mol. The standard InChI is InChI=1S/C11H8ClN3O/c1-15-10-4-8-6(2-7(12)5-13-8)3-9(10)14-11(15)16/h2-5H,1H3,(H,14,16). The molecule has 0 saturated carbocycles. The first-order valence-electron chi connectivity index (χ1n) is 4.79. The van der Waals surface area contributed by atoms with E-state index in [1.807, 2.05) is 18.2 Å². The van der Waals surface area contributed by atoms with E-state index in [9.17, 15) is 4.79 Å². The fraction of sp³-hybridized carbons (Fsp3) is 0.0909. The van der Waals surface area contributed by atoms with E-state index in [4.69, 9.17) is 11.6 Å². The Hall–Kier alpha value is -1.81. The highest BCUT2D eigenvalue weighted by molar-refractivity contribution is 6.31. The Morgan fingerprint density at radius 2 is 2.19 bits per heavy atom. The molecule has 80 valence electrons. The molecule has 0 bridgehead atoms. The highest BCUT2D eigenvalue weighted by atomic mass is 35.5. The van der Waals surface area contributed by atoms with Crippen molar-refractivity contribution in [3.63, 3.8) is 0 Å². The number of pyridine rings is 1. The zero-order valence-electron chi connectivity index (χ0n) is 8.49. The van der Waals surface area contributed by atoms with Crippen molar-refractivity contribution in [2.45, 2.75) is 0 Å². The van der Waals surface area contributed by atoms with Crippen molar-refractivity contribution in [3.05, 3.63) is 39.9 Å². The molecular formula is C11H8ClN3O. The Labute approximate surface area is 95.5 Å². The molecule has 0 saturated heterocycles. The first-order valence-corrected chi connectivity index (χ1v) is 5.17. The molecule has 0 atom stereocenters. The number of halogens is 1. The summed E-state index contributed by atoms with van der Waals surface area (Å²) >= 11 is 5.87. The lowest BCUT2D eigenvalue weighted by Crippen LogP contribution is -2.11. The molecule has 3 aromatic rings. The van der Waals surface area contributed by atoms with Gasteiger partial charge in [0.05, 0.1) is 21.6 Å². The van der Waals surface area contributed by atoms with Crippen LogP contribution in [0.1, 0.15) is 0 Å². The Morgan fingerprint density at radius 1 is 1.38 bits per heavy atom. The number of benzene rings is 1. The third-order valence-electron chi connectivity index (χ3n) is 2.67. The average Bonchev–Trinajstić information content (AvgIpc) is 2.52. The Bertz CT molecular complexity index is 757. The van der Waals surface area contributed by atoms with E-state index >= 15 is 0 Å². The summed E-state index contributed by atoms with van der Waals surface area (Å²) in [6, 6.07) is 5.58. The normalized spacial score (nSPS) is 11.4. The van der Waals surface area contributed by atoms with Crippen LogP contribution in [-0.2, 0) is 7.05 Å². The second-order valence-corrected chi connectivity index (χ2v) is 4.14. The van der Waals surface area contributed by atoms with Crippen molar-refractivity contribution in [1.29, 1.82) is 0 Å². The van der Waals surface area contributed by atoms with Crippen LogP contribution in [0, 0.1) is 0 Å². The van der Waals surface area contributed by atoms with Crippen LogP contribution in [0.4, 0.5) is 0 Å². The molecule has 1 aromatic carbocycles. The van der Waals surface area contributed by atoms with Gasteiger partial charge in [-0.1, -0.05) is 11.6 Å². The summed E-state index contributed by atoms with van der Waals surface area (Å²) in [5, 5.41) is 1.51. The Balaban J connectivity index is 2.53. The van der Waals surface area contributed by atoms with Crippen LogP contribution >= 0.6 is 11.6 Å². The summed E-state index contributed by atoms with van der Waals surface area (Å²) in [7, 11) is 1.73. The van der Waals surface area contributed by atoms with Gasteiger partial charge in [0.15, 0.2) is 0 Å². The molecule has 0 fully saturated rings. The van der Waals surface area contributed by atoms with E-state index in [0.29, 0.717) is 5.02 Å². The van der Waals surface area contributed by atoms with E-state index in [-0.39, 0.29) is 5.69 Å². The molecule has 3 rings (SSSR count). The number of aromatic amines is 1. The van der Waals surface area contributed by atoms with Gasteiger partial charge in [0.2, 0.25) is 0 Å². The van der Waals surface area contributed by atoms with E-state index in [1.165, 1.54) is 0 Å². The fourth-order valence-corrected chi connectivity index (χ4v) is 1.99. The van der Waals surface area contributed by atoms with Gasteiger partial charge >= 0.3 is 5.69 Å². The SMILES string of the molecule is Cn1c(=O)[nH]c2cc3cc(Cl)cnc3cc21. The van der Waals surface area contributed by atoms with Crippen LogP contribution in [0.2, 0.25) is 5.02 Å². The average molecular weight is 234 g/mol. The second-order valence-electron chi connectivity index (χ2n) is 3.70. The lowest BCUT2D eigenvalue weighted by Gasteiger charge is -1.99. The van der Waals surface area contributed by atoms with Crippen LogP contribution in [0.3, 0.4) is 0 Å². The maximum absolute atomic E-state index is 11.4. The summed E-state index contributed by atoms with van der Waals surface area (Å²) < 4.78 is 1.56. The number of H-pyrrole nitrogens is 1. The first-order chi connectivity index (χ1) is 7.65. The Kier molecular flexibility index (Phi) is 1.82. The van der Waals surface area contributed by atoms with Gasteiger partial charge in [0.1, 0.15) is 0 Å². The number of rotatable bonds is 0. The predicted octanol–water partition coefficient (Wildman–Crippen LogP) is 2.07. The van der Waals surface area contributed by atoms with Crippen molar-refractivity contribution >= 4 is 33.5 Å². The van der Waals surface area contributed by atoms with Crippen LogP contribution in [0.5, 0.6) is 0 Å². The quantitative estimate of drug-likeness (QED) is 0.646. The molecule has 0 aliphatic carbocycles. The number of hydrogen-bond acceptors (Lipinski definition) is 2. The van der Waals surface area contributed by atoms with Crippen LogP contribution < -0.4 is 5.69 Å². The summed E-state index contributed by atoms with van der Waals surface area (Å²) in [6.07, 6.45) is 1.60. The number of fused-ring (bicyclic) bond motifs is 2. The fourth-order valence-electron chi connectivity index (χ4n) is 1.82. The lowest BCUT2D eigenvalue weighted by atomic mass is 10.2. The third kappa shape index (κ3) is 1.23. The third-order valence-corrected chi connectivity index (χ3v) is 2.88. The molecule has 0 radical (unpaired) electrons. The molecule has 0 amide bonds. The van der Waals surface area contributed by atoms with Crippen LogP contribution in [0.25, 0.3) is 21.9 Å². The highest BCUT2D eigenvalue weighted by Gasteiger charge is 2.05. The number of nitrogens with zero attached hydrogens (tertiary/aromatic N) is 2. The van der Waals surface area contributed by atoms with E-state index in [2.05, 4.69) is 9.97 Å². The van der Waals surface area contributed by atoms with Gasteiger partial charge < -0.3 is 4.98 Å². The summed E-state index contributed by atoms with van der Waals surface area (Å²) in [5.41, 5.74) is 2.33. The minimum atomic E-state index is -0.128. The topological polar surface area (TPSA) is 50.7 Å². The van der Waals surface area contributed by atoms with Crippen molar-refractivity contribution in [2.24, 2.45) is 7.05 Å². The number of nitrogens with one attached hydrogen (secondary N) is 1.